The van der Waals surface area contributed by atoms with Gasteiger partial charge in [-0.1, -0.05) is 60.7 Å². The molecule has 2 aromatic heterocycles. The number of carbonyl (C=O) groups excluding carboxylic acids is 2. The summed E-state index contributed by atoms with van der Waals surface area (Å²) >= 11 is 2.54. The third-order valence-electron chi connectivity index (χ3n) is 6.23. The standard InChI is InChI=1S/C29H26FN3O5S2/c1-3-4-14-37-21-7-5-6-19(15-21)24-23(25(34)22-13-8-17(2)38-22)26(35)27(36)33(24)28-31-32-29(40-28)39-16-18-9-11-20(30)12-10-18/h5-13,15,24,35H,3-4,14,16H2,1-2H3. The topological polar surface area (TPSA) is 106 Å². The average Bonchev–Trinajstić information content (AvgIpc) is 3.67. The van der Waals surface area contributed by atoms with Crippen LogP contribution in [0.4, 0.5) is 9.52 Å². The largest absolute Gasteiger partial charge is 0.503 e. The highest BCUT2D eigenvalue weighted by Gasteiger charge is 2.46. The number of thioether (sulfide) groups is 1. The molecule has 11 heteroatoms. The Hall–Kier alpha value is -3.96. The van der Waals surface area contributed by atoms with Gasteiger partial charge in [-0.25, -0.2) is 4.39 Å². The Labute approximate surface area is 238 Å². The van der Waals surface area contributed by atoms with E-state index in [0.29, 0.717) is 33.8 Å². The van der Waals surface area contributed by atoms with Gasteiger partial charge in [0.15, 0.2) is 15.9 Å². The van der Waals surface area contributed by atoms with Crippen LogP contribution in [0, 0.1) is 12.7 Å². The number of nitrogens with zero attached hydrogens (tertiary/aromatic N) is 3. The molecule has 1 aliphatic rings. The van der Waals surface area contributed by atoms with Gasteiger partial charge in [-0.3, -0.25) is 14.5 Å². The molecule has 1 atom stereocenters. The number of aliphatic hydroxyl groups excluding tert-OH is 1. The third kappa shape index (κ3) is 5.80. The summed E-state index contributed by atoms with van der Waals surface area (Å²) in [6.07, 6.45) is 1.85. The van der Waals surface area contributed by atoms with E-state index in [1.807, 2.05) is 0 Å². The van der Waals surface area contributed by atoms with E-state index < -0.39 is 23.5 Å². The highest BCUT2D eigenvalue weighted by Crippen LogP contribution is 2.44. The van der Waals surface area contributed by atoms with Crippen LogP contribution in [0.25, 0.3) is 0 Å². The summed E-state index contributed by atoms with van der Waals surface area (Å²) in [5.74, 6) is -0.697. The molecular formula is C29H26FN3O5S2. The number of carbonyl (C=O) groups is 2. The van der Waals surface area contributed by atoms with Crippen molar-refractivity contribution in [3.8, 4) is 5.75 Å². The number of ketones is 1. The summed E-state index contributed by atoms with van der Waals surface area (Å²) in [5.41, 5.74) is 1.36. The predicted octanol–water partition coefficient (Wildman–Crippen LogP) is 6.83. The molecular weight excluding hydrogens is 553 g/mol. The first-order valence-electron chi connectivity index (χ1n) is 12.7. The van der Waals surface area contributed by atoms with Crippen molar-refractivity contribution < 1.29 is 28.2 Å². The number of rotatable bonds is 11. The molecule has 0 aliphatic carbocycles. The van der Waals surface area contributed by atoms with Crippen LogP contribution in [0.3, 0.4) is 0 Å². The zero-order valence-corrected chi connectivity index (χ0v) is 23.4. The van der Waals surface area contributed by atoms with Crippen LogP contribution < -0.4 is 9.64 Å². The molecule has 0 spiro atoms. The number of halogens is 1. The maximum Gasteiger partial charge on any atom is 0.296 e. The van der Waals surface area contributed by atoms with Gasteiger partial charge in [0.1, 0.15) is 17.3 Å². The minimum Gasteiger partial charge on any atom is -0.503 e. The van der Waals surface area contributed by atoms with Gasteiger partial charge in [0.2, 0.25) is 10.9 Å². The quantitative estimate of drug-likeness (QED) is 0.0892. The number of Topliss-reactive ketones (excluding diaryl/α,β-unsaturated/α-hetero) is 1. The number of hydrogen-bond donors (Lipinski definition) is 1. The molecule has 5 rings (SSSR count). The Morgan fingerprint density at radius 1 is 1.18 bits per heavy atom. The number of amides is 1. The van der Waals surface area contributed by atoms with Gasteiger partial charge in [-0.15, -0.1) is 10.2 Å². The average molecular weight is 580 g/mol. The molecule has 0 bridgehead atoms. The van der Waals surface area contributed by atoms with Crippen molar-refractivity contribution in [3.05, 3.63) is 100 Å². The van der Waals surface area contributed by atoms with Crippen LogP contribution in [0.1, 0.15) is 53.2 Å². The molecule has 8 nitrogen and oxygen atoms in total. The lowest BCUT2D eigenvalue weighted by atomic mass is 9.95. The normalized spacial score (nSPS) is 15.2. The third-order valence-corrected chi connectivity index (χ3v) is 8.36. The Morgan fingerprint density at radius 2 is 1.98 bits per heavy atom. The molecule has 0 saturated heterocycles. The SMILES string of the molecule is CCCCOc1cccc(C2C(C(=O)c3ccc(C)o3)=C(O)C(=O)N2c2nnc(SCc3ccc(F)cc3)s2)c1. The van der Waals surface area contributed by atoms with Crippen molar-refractivity contribution >= 4 is 39.9 Å². The molecule has 1 aliphatic heterocycles. The number of aromatic nitrogens is 2. The predicted molar refractivity (Wildman–Crippen MR) is 150 cm³/mol. The lowest BCUT2D eigenvalue weighted by Crippen LogP contribution is -2.31. The first-order chi connectivity index (χ1) is 19.4. The minimum absolute atomic E-state index is 0.0156. The Kier molecular flexibility index (Phi) is 8.32. The molecule has 40 heavy (non-hydrogen) atoms. The first-order valence-corrected chi connectivity index (χ1v) is 14.5. The lowest BCUT2D eigenvalue weighted by molar-refractivity contribution is -0.117. The van der Waals surface area contributed by atoms with Crippen LogP contribution in [0.2, 0.25) is 0 Å². The van der Waals surface area contributed by atoms with Crippen molar-refractivity contribution in [3.63, 3.8) is 0 Å². The maximum absolute atomic E-state index is 13.6. The number of aliphatic hydroxyl groups is 1. The lowest BCUT2D eigenvalue weighted by Gasteiger charge is -2.24. The van der Waals surface area contributed by atoms with Crippen LogP contribution in [-0.4, -0.2) is 33.6 Å². The van der Waals surface area contributed by atoms with E-state index in [-0.39, 0.29) is 22.3 Å². The zero-order valence-electron chi connectivity index (χ0n) is 21.8. The first kappa shape index (κ1) is 27.6. The number of benzene rings is 2. The molecule has 0 fully saturated rings. The van der Waals surface area contributed by atoms with E-state index in [0.717, 1.165) is 29.7 Å². The molecule has 2 aromatic carbocycles. The monoisotopic (exact) mass is 579 g/mol. The summed E-state index contributed by atoms with van der Waals surface area (Å²) in [4.78, 5) is 28.3. The van der Waals surface area contributed by atoms with E-state index in [9.17, 15) is 19.1 Å². The van der Waals surface area contributed by atoms with Crippen molar-refractivity contribution in [2.75, 3.05) is 11.5 Å². The second kappa shape index (κ2) is 12.1. The van der Waals surface area contributed by atoms with Gasteiger partial charge in [0.05, 0.1) is 18.2 Å². The number of hydrogen-bond acceptors (Lipinski definition) is 9. The highest BCUT2D eigenvalue weighted by molar-refractivity contribution is 8.00. The molecule has 1 unspecified atom stereocenters. The number of furan rings is 1. The number of ether oxygens (including phenoxy) is 1. The summed E-state index contributed by atoms with van der Waals surface area (Å²) in [5, 5.41) is 19.7. The molecule has 0 radical (unpaired) electrons. The fraction of sp³-hybridized carbons (Fsp3) is 0.241. The Morgan fingerprint density at radius 3 is 2.70 bits per heavy atom. The van der Waals surface area contributed by atoms with Gasteiger partial charge < -0.3 is 14.3 Å². The fourth-order valence-corrected chi connectivity index (χ4v) is 6.06. The summed E-state index contributed by atoms with van der Waals surface area (Å²) in [7, 11) is 0. The second-order valence-corrected chi connectivity index (χ2v) is 11.3. The van der Waals surface area contributed by atoms with Crippen molar-refractivity contribution in [2.45, 2.75) is 42.8 Å². The van der Waals surface area contributed by atoms with Crippen LogP contribution in [-0.2, 0) is 10.5 Å². The van der Waals surface area contributed by atoms with Crippen LogP contribution in [0.15, 0.2) is 80.8 Å². The number of anilines is 1. The van der Waals surface area contributed by atoms with Gasteiger partial charge >= 0.3 is 0 Å². The van der Waals surface area contributed by atoms with E-state index in [4.69, 9.17) is 9.15 Å². The van der Waals surface area contributed by atoms with Gasteiger partial charge in [0, 0.05) is 5.75 Å². The highest BCUT2D eigenvalue weighted by atomic mass is 32.2. The van der Waals surface area contributed by atoms with Crippen molar-refractivity contribution in [1.29, 1.82) is 0 Å². The van der Waals surface area contributed by atoms with Gasteiger partial charge in [-0.05, 0) is 60.9 Å². The van der Waals surface area contributed by atoms with Crippen molar-refractivity contribution in [2.24, 2.45) is 0 Å². The van der Waals surface area contributed by atoms with E-state index >= 15 is 0 Å². The van der Waals surface area contributed by atoms with E-state index in [1.165, 1.54) is 34.9 Å². The summed E-state index contributed by atoms with van der Waals surface area (Å²) in [6.45, 7) is 4.30. The Bertz CT molecular complexity index is 1560. The zero-order chi connectivity index (χ0) is 28.2. The van der Waals surface area contributed by atoms with Crippen LogP contribution in [0.5, 0.6) is 5.75 Å². The maximum atomic E-state index is 13.6. The fourth-order valence-electron chi connectivity index (χ4n) is 4.23. The number of aryl methyl sites for hydroxylation is 1. The molecule has 0 saturated carbocycles. The number of unbranched alkanes of at least 4 members (excludes halogenated alkanes) is 1. The van der Waals surface area contributed by atoms with E-state index in [1.54, 1.807) is 49.4 Å². The van der Waals surface area contributed by atoms with E-state index in [2.05, 4.69) is 17.1 Å². The molecule has 206 valence electrons. The van der Waals surface area contributed by atoms with Crippen molar-refractivity contribution in [1.82, 2.24) is 10.2 Å². The van der Waals surface area contributed by atoms with Gasteiger partial charge in [0.25, 0.3) is 5.91 Å². The van der Waals surface area contributed by atoms with Crippen LogP contribution >= 0.6 is 23.1 Å². The summed E-state index contributed by atoms with van der Waals surface area (Å²) in [6, 6.07) is 15.4. The minimum atomic E-state index is -0.983. The molecule has 3 heterocycles. The molecule has 1 amide bonds. The van der Waals surface area contributed by atoms with Gasteiger partial charge in [-0.2, -0.15) is 0 Å². The Balaban J connectivity index is 1.48. The second-order valence-electron chi connectivity index (χ2n) is 9.12. The molecule has 4 aromatic rings. The smallest absolute Gasteiger partial charge is 0.296 e. The molecule has 1 N–H and O–H groups in total. The summed E-state index contributed by atoms with van der Waals surface area (Å²) < 4.78 is 25.2.